The van der Waals surface area contributed by atoms with Crippen molar-refractivity contribution in [3.63, 3.8) is 0 Å². The van der Waals surface area contributed by atoms with E-state index in [-0.39, 0.29) is 0 Å². The van der Waals surface area contributed by atoms with Gasteiger partial charge < -0.3 is 19.4 Å². The normalized spacial score (nSPS) is 14.2. The van der Waals surface area contributed by atoms with E-state index in [2.05, 4.69) is 22.9 Å². The number of aryl methyl sites for hydroxylation is 1. The van der Waals surface area contributed by atoms with Crippen molar-refractivity contribution in [3.05, 3.63) is 54.2 Å². The van der Waals surface area contributed by atoms with E-state index in [4.69, 9.17) is 9.40 Å². The molecule has 2 aromatic heterocycles. The van der Waals surface area contributed by atoms with Gasteiger partial charge in [0.05, 0.1) is 23.8 Å². The lowest BCUT2D eigenvalue weighted by atomic mass is 10.0. The Bertz CT molecular complexity index is 760. The van der Waals surface area contributed by atoms with Crippen molar-refractivity contribution in [2.75, 3.05) is 6.54 Å². The predicted molar refractivity (Wildman–Crippen MR) is 90.0 cm³/mol. The molecule has 5 heteroatoms. The monoisotopic (exact) mass is 313 g/mol. The summed E-state index contributed by atoms with van der Waals surface area (Å²) in [5, 5.41) is 13.8. The maximum Gasteiger partial charge on any atom is 0.136 e. The van der Waals surface area contributed by atoms with Gasteiger partial charge >= 0.3 is 0 Å². The summed E-state index contributed by atoms with van der Waals surface area (Å²) in [6, 6.07) is 11.7. The van der Waals surface area contributed by atoms with Crippen molar-refractivity contribution in [2.45, 2.75) is 39.0 Å². The highest BCUT2D eigenvalue weighted by Crippen LogP contribution is 2.20. The van der Waals surface area contributed by atoms with Crippen LogP contribution in [0.3, 0.4) is 0 Å². The summed E-state index contributed by atoms with van der Waals surface area (Å²) in [6.45, 7) is 5.84. The average Bonchev–Trinajstić information content (AvgIpc) is 3.17. The molecule has 2 heterocycles. The lowest BCUT2D eigenvalue weighted by molar-refractivity contribution is 0.0338. The van der Waals surface area contributed by atoms with Gasteiger partial charge in [-0.2, -0.15) is 0 Å². The van der Waals surface area contributed by atoms with Gasteiger partial charge in [0.2, 0.25) is 0 Å². The summed E-state index contributed by atoms with van der Waals surface area (Å²) >= 11 is 0. The van der Waals surface area contributed by atoms with Crippen LogP contribution in [0.5, 0.6) is 0 Å². The largest absolute Gasteiger partial charge is 0.466 e. The third kappa shape index (κ3) is 3.30. The molecule has 2 N–H and O–H groups in total. The first kappa shape index (κ1) is 15.8. The van der Waals surface area contributed by atoms with Crippen molar-refractivity contribution < 1.29 is 9.52 Å². The van der Waals surface area contributed by atoms with E-state index in [1.807, 2.05) is 18.2 Å². The van der Waals surface area contributed by atoms with Gasteiger partial charge in [-0.25, -0.2) is 4.98 Å². The van der Waals surface area contributed by atoms with Crippen molar-refractivity contribution in [3.8, 4) is 0 Å². The lowest BCUT2D eigenvalue weighted by Crippen LogP contribution is -2.35. The molecule has 122 valence electrons. The predicted octanol–water partition coefficient (Wildman–Crippen LogP) is 3.04. The van der Waals surface area contributed by atoms with Crippen molar-refractivity contribution in [1.82, 2.24) is 14.9 Å². The van der Waals surface area contributed by atoms with Gasteiger partial charge in [0.25, 0.3) is 0 Å². The molecular weight excluding hydrogens is 290 g/mol. The number of hydrogen-bond donors (Lipinski definition) is 2. The Balaban J connectivity index is 1.73. The number of para-hydroxylation sites is 2. The van der Waals surface area contributed by atoms with Crippen molar-refractivity contribution in [1.29, 1.82) is 0 Å². The molecule has 0 saturated heterocycles. The van der Waals surface area contributed by atoms with Crippen LogP contribution >= 0.6 is 0 Å². The van der Waals surface area contributed by atoms with E-state index in [0.29, 0.717) is 18.8 Å². The number of fused-ring (bicyclic) bond motifs is 1. The topological polar surface area (TPSA) is 63.2 Å². The zero-order valence-electron chi connectivity index (χ0n) is 13.6. The first-order chi connectivity index (χ1) is 11.1. The van der Waals surface area contributed by atoms with Gasteiger partial charge in [0, 0.05) is 13.1 Å². The highest BCUT2D eigenvalue weighted by Gasteiger charge is 2.25. The average molecular weight is 313 g/mol. The maximum atomic E-state index is 10.5. The Hall–Kier alpha value is -2.11. The number of imidazole rings is 1. The smallest absolute Gasteiger partial charge is 0.136 e. The number of rotatable bonds is 7. The summed E-state index contributed by atoms with van der Waals surface area (Å²) in [5.41, 5.74) is 1.13. The number of nitrogens with one attached hydrogen (secondary N) is 1. The molecule has 0 fully saturated rings. The summed E-state index contributed by atoms with van der Waals surface area (Å²) in [7, 11) is 0. The van der Waals surface area contributed by atoms with Gasteiger partial charge in [0.15, 0.2) is 0 Å². The van der Waals surface area contributed by atoms with E-state index >= 15 is 0 Å². The molecule has 0 aliphatic heterocycles. The fourth-order valence-electron chi connectivity index (χ4n) is 2.82. The molecule has 0 amide bonds. The zero-order valence-corrected chi connectivity index (χ0v) is 13.6. The highest BCUT2D eigenvalue weighted by atomic mass is 16.4. The minimum absolute atomic E-state index is 0.399. The van der Waals surface area contributed by atoms with Crippen LogP contribution in [0.2, 0.25) is 0 Å². The van der Waals surface area contributed by atoms with Crippen LogP contribution < -0.4 is 5.32 Å². The van der Waals surface area contributed by atoms with E-state index in [1.165, 1.54) is 0 Å². The molecule has 1 unspecified atom stereocenters. The second-order valence-electron chi connectivity index (χ2n) is 6.02. The Labute approximate surface area is 136 Å². The van der Waals surface area contributed by atoms with Crippen LogP contribution in [0.25, 0.3) is 11.0 Å². The lowest BCUT2D eigenvalue weighted by Gasteiger charge is -2.21. The number of aromatic nitrogens is 2. The van der Waals surface area contributed by atoms with Gasteiger partial charge in [-0.05, 0) is 37.6 Å². The molecule has 23 heavy (non-hydrogen) atoms. The second kappa shape index (κ2) is 6.56. The van der Waals surface area contributed by atoms with Crippen LogP contribution in [0.4, 0.5) is 0 Å². The summed E-state index contributed by atoms with van der Waals surface area (Å²) in [5.74, 6) is 1.55. The molecule has 0 spiro atoms. The van der Waals surface area contributed by atoms with Crippen LogP contribution in [0, 0.1) is 0 Å². The minimum atomic E-state index is -1.04. The first-order valence-electron chi connectivity index (χ1n) is 8.03. The Morgan fingerprint density at radius 1 is 1.26 bits per heavy atom. The molecule has 1 aromatic carbocycles. The third-order valence-corrected chi connectivity index (χ3v) is 3.99. The SMILES string of the molecule is CCCn1c(CNCC(C)(O)c2ccco2)nc2ccccc21. The maximum absolute atomic E-state index is 10.5. The molecule has 0 bridgehead atoms. The number of aliphatic hydroxyl groups is 1. The van der Waals surface area contributed by atoms with Gasteiger partial charge in [-0.1, -0.05) is 19.1 Å². The molecule has 5 nitrogen and oxygen atoms in total. The van der Waals surface area contributed by atoms with E-state index in [0.717, 1.165) is 29.8 Å². The summed E-state index contributed by atoms with van der Waals surface area (Å²) in [4.78, 5) is 4.71. The van der Waals surface area contributed by atoms with E-state index in [1.54, 1.807) is 25.3 Å². The molecule has 0 radical (unpaired) electrons. The van der Waals surface area contributed by atoms with Crippen LogP contribution in [-0.2, 0) is 18.7 Å². The number of hydrogen-bond acceptors (Lipinski definition) is 4. The fraction of sp³-hybridized carbons (Fsp3) is 0.389. The van der Waals surface area contributed by atoms with Gasteiger partial charge in [0.1, 0.15) is 17.2 Å². The van der Waals surface area contributed by atoms with Crippen molar-refractivity contribution in [2.24, 2.45) is 0 Å². The molecule has 0 saturated carbocycles. The number of benzene rings is 1. The second-order valence-corrected chi connectivity index (χ2v) is 6.02. The van der Waals surface area contributed by atoms with Crippen LogP contribution in [0.15, 0.2) is 47.1 Å². The highest BCUT2D eigenvalue weighted by molar-refractivity contribution is 5.75. The van der Waals surface area contributed by atoms with Crippen LogP contribution in [-0.4, -0.2) is 21.2 Å². The minimum Gasteiger partial charge on any atom is -0.466 e. The fourth-order valence-corrected chi connectivity index (χ4v) is 2.82. The molecule has 1 atom stereocenters. The molecule has 0 aliphatic carbocycles. The first-order valence-corrected chi connectivity index (χ1v) is 8.03. The Morgan fingerprint density at radius 2 is 2.09 bits per heavy atom. The van der Waals surface area contributed by atoms with E-state index in [9.17, 15) is 5.11 Å². The molecule has 3 aromatic rings. The number of furan rings is 1. The quantitative estimate of drug-likeness (QED) is 0.704. The summed E-state index contributed by atoms with van der Waals surface area (Å²) < 4.78 is 7.54. The summed E-state index contributed by atoms with van der Waals surface area (Å²) in [6.07, 6.45) is 2.63. The Morgan fingerprint density at radius 3 is 2.83 bits per heavy atom. The van der Waals surface area contributed by atoms with Crippen LogP contribution in [0.1, 0.15) is 31.9 Å². The zero-order chi connectivity index (χ0) is 16.3. The molecule has 0 aliphatic rings. The van der Waals surface area contributed by atoms with Gasteiger partial charge in [-0.3, -0.25) is 0 Å². The van der Waals surface area contributed by atoms with Crippen molar-refractivity contribution >= 4 is 11.0 Å². The standard InChI is InChI=1S/C18H23N3O2/c1-3-10-21-15-8-5-4-7-14(15)20-17(21)12-19-13-18(2,22)16-9-6-11-23-16/h4-9,11,19,22H,3,10,12-13H2,1-2H3. The Kier molecular flexibility index (Phi) is 4.50. The molecular formula is C18H23N3O2. The van der Waals surface area contributed by atoms with Gasteiger partial charge in [-0.15, -0.1) is 0 Å². The number of nitrogens with zero attached hydrogens (tertiary/aromatic N) is 2. The third-order valence-electron chi connectivity index (χ3n) is 3.99. The van der Waals surface area contributed by atoms with E-state index < -0.39 is 5.60 Å². The molecule has 3 rings (SSSR count).